The maximum Gasteiger partial charge on any atom is 0.290 e. The van der Waals surface area contributed by atoms with Gasteiger partial charge in [0.1, 0.15) is 0 Å². The van der Waals surface area contributed by atoms with Crippen LogP contribution in [0.5, 0.6) is 0 Å². The molecule has 0 heterocycles. The molecule has 0 aliphatic carbocycles. The second-order valence-corrected chi connectivity index (χ2v) is 0.187. The fraction of sp³-hybridized carbons (Fsp3) is 0. The number of hydrogen-bond acceptors (Lipinski definition) is 3. The third-order valence-corrected chi connectivity index (χ3v) is 0. The van der Waals surface area contributed by atoms with Crippen LogP contribution in [0.25, 0.3) is 0 Å². The molecular formula is CH5NO5. The third kappa shape index (κ3) is 28.3. The molecule has 0 aliphatic rings. The highest BCUT2D eigenvalue weighted by Gasteiger charge is 1.22. The number of rotatable bonds is 0. The summed E-state index contributed by atoms with van der Waals surface area (Å²) in [6.07, 6.45) is 0. The van der Waals surface area contributed by atoms with Crippen molar-refractivity contribution in [3.63, 3.8) is 0 Å². The Balaban J connectivity index is -0.0000000400. The molecule has 4 N–H and O–H groups in total. The average Bonchev–Trinajstić information content (AvgIpc) is 1.39. The maximum atomic E-state index is 8.36. The van der Waals surface area contributed by atoms with Gasteiger partial charge in [-0.1, -0.05) is 0 Å². The van der Waals surface area contributed by atoms with Crippen LogP contribution < -0.4 is 0 Å². The Kier molecular flexibility index (Phi) is 250. The van der Waals surface area contributed by atoms with E-state index in [1.54, 1.807) is 0 Å². The molecule has 0 spiro atoms. The van der Waals surface area contributed by atoms with Crippen molar-refractivity contribution in [2.24, 2.45) is 5.34 Å². The Hall–Kier alpha value is -1.17. The maximum absolute atomic E-state index is 8.36. The van der Waals surface area contributed by atoms with Crippen LogP contribution in [0.2, 0.25) is 0 Å². The Morgan fingerprint density at radius 3 is 1.57 bits per heavy atom. The molecule has 0 rings (SSSR count). The van der Waals surface area contributed by atoms with Crippen LogP contribution in [-0.4, -0.2) is 22.3 Å². The van der Waals surface area contributed by atoms with Gasteiger partial charge in [0.15, 0.2) is 5.34 Å². The summed E-state index contributed by atoms with van der Waals surface area (Å²) < 4.78 is 0. The van der Waals surface area contributed by atoms with Gasteiger partial charge in [-0.05, 0) is 0 Å². The van der Waals surface area contributed by atoms with Gasteiger partial charge in [-0.15, -0.1) is 4.91 Å². The molecule has 44 valence electrons. The predicted octanol–water partition coefficient (Wildman–Crippen LogP) is -0.982. The average molecular weight is 111 g/mol. The first-order chi connectivity index (χ1) is 2.83. The monoisotopic (exact) mass is 111 g/mol. The zero-order valence-electron chi connectivity index (χ0n) is 3.24. The minimum absolute atomic E-state index is 0. The summed E-state index contributed by atoms with van der Waals surface area (Å²) in [5.74, 6) is 0. The van der Waals surface area contributed by atoms with Crippen LogP contribution in [0.4, 0.5) is 0 Å². The highest BCUT2D eigenvalue weighted by atomic mass is 16.6. The fourth-order valence-electron chi connectivity index (χ4n) is 0. The summed E-state index contributed by atoms with van der Waals surface area (Å²) in [5, 5.41) is 14.8. The van der Waals surface area contributed by atoms with Crippen molar-refractivity contribution in [1.29, 1.82) is 0 Å². The van der Waals surface area contributed by atoms with Gasteiger partial charge in [0.05, 0.1) is 0 Å². The highest BCUT2D eigenvalue weighted by molar-refractivity contribution is 5.32. The smallest absolute Gasteiger partial charge is 0.290 e. The van der Waals surface area contributed by atoms with Crippen molar-refractivity contribution in [2.45, 2.75) is 0 Å². The molecule has 0 radical (unpaired) electrons. The zero-order chi connectivity index (χ0) is 5.41. The molecule has 7 heavy (non-hydrogen) atoms. The van der Waals surface area contributed by atoms with Crippen molar-refractivity contribution in [3.05, 3.63) is 4.91 Å². The highest BCUT2D eigenvalue weighted by Crippen LogP contribution is 1.25. The van der Waals surface area contributed by atoms with E-state index in [9.17, 15) is 0 Å². The van der Waals surface area contributed by atoms with E-state index in [-0.39, 0.29) is 11.9 Å². The van der Waals surface area contributed by atoms with Gasteiger partial charge in [0, 0.05) is 0 Å². The Morgan fingerprint density at radius 1 is 1.57 bits per heavy atom. The molecule has 0 saturated heterocycles. The first-order valence-electron chi connectivity index (χ1n) is 0.876. The predicted molar refractivity (Wildman–Crippen MR) is 19.9 cm³/mol. The first-order valence-corrected chi connectivity index (χ1v) is 0.876. The van der Waals surface area contributed by atoms with Gasteiger partial charge >= 0.3 is 0 Å². The van der Waals surface area contributed by atoms with Gasteiger partial charge in [-0.3, -0.25) is 4.79 Å². The molecule has 0 atom stereocenters. The van der Waals surface area contributed by atoms with E-state index in [1.807, 2.05) is 0 Å². The molecule has 0 bridgehead atoms. The fourth-order valence-corrected chi connectivity index (χ4v) is 0. The van der Waals surface area contributed by atoms with Gasteiger partial charge in [-0.2, -0.15) is 0 Å². The lowest BCUT2D eigenvalue weighted by Gasteiger charge is -1.34. The van der Waals surface area contributed by atoms with Crippen LogP contribution in [0.1, 0.15) is 0 Å². The minimum atomic E-state index is -0.250. The minimum Gasteiger partial charge on any atom is -0.483 e. The molecule has 0 aromatic rings. The van der Waals surface area contributed by atoms with E-state index >= 15 is 0 Å². The molecule has 0 aromatic heterocycles. The van der Waals surface area contributed by atoms with Gasteiger partial charge in [0.25, 0.3) is 6.47 Å². The summed E-state index contributed by atoms with van der Waals surface area (Å²) >= 11 is 0. The van der Waals surface area contributed by atoms with Gasteiger partial charge < -0.3 is 15.8 Å². The van der Waals surface area contributed by atoms with Crippen molar-refractivity contribution >= 4 is 6.47 Å². The van der Waals surface area contributed by atoms with Crippen molar-refractivity contribution in [3.8, 4) is 0 Å². The summed E-state index contributed by atoms with van der Waals surface area (Å²) in [4.78, 5) is 16.5. The van der Waals surface area contributed by atoms with Crippen LogP contribution in [-0.2, 0) is 4.79 Å². The standard InChI is InChI=1S/CH2O2.HNO2.H2O/c2*2-1-3;/h1H,(H,2,3);(H,2,3);1H2. The lowest BCUT2D eigenvalue weighted by Crippen LogP contribution is -1.49. The Labute approximate surface area is 38.6 Å². The van der Waals surface area contributed by atoms with Crippen LogP contribution in [0.3, 0.4) is 0 Å². The van der Waals surface area contributed by atoms with E-state index in [1.165, 1.54) is 5.34 Å². The summed E-state index contributed by atoms with van der Waals surface area (Å²) in [6, 6.07) is 0. The number of carboxylic acid groups (broad SMARTS) is 1. The molecular weight excluding hydrogens is 106 g/mol. The largest absolute Gasteiger partial charge is 0.483 e. The van der Waals surface area contributed by atoms with Crippen molar-refractivity contribution in [1.82, 2.24) is 0 Å². The Morgan fingerprint density at radius 2 is 1.57 bits per heavy atom. The van der Waals surface area contributed by atoms with Gasteiger partial charge in [0.2, 0.25) is 0 Å². The number of carbonyl (C=O) groups is 1. The molecule has 0 amide bonds. The van der Waals surface area contributed by atoms with Crippen molar-refractivity contribution < 1.29 is 20.6 Å². The molecule has 0 aliphatic heterocycles. The molecule has 0 aromatic carbocycles. The van der Waals surface area contributed by atoms with E-state index < -0.39 is 0 Å². The Bertz CT molecular complexity index is 29.1. The van der Waals surface area contributed by atoms with Gasteiger partial charge in [-0.25, -0.2) is 0 Å². The van der Waals surface area contributed by atoms with Crippen molar-refractivity contribution in [2.75, 3.05) is 0 Å². The second kappa shape index (κ2) is 103. The molecule has 0 fully saturated rings. The molecule has 6 heteroatoms. The van der Waals surface area contributed by atoms with Crippen LogP contribution >= 0.6 is 0 Å². The molecule has 0 unspecified atom stereocenters. The zero-order valence-corrected chi connectivity index (χ0v) is 3.24. The van der Waals surface area contributed by atoms with Crippen LogP contribution in [0.15, 0.2) is 5.34 Å². The number of hydrogen-bond donors (Lipinski definition) is 2. The molecule has 6 nitrogen and oxygen atoms in total. The van der Waals surface area contributed by atoms with E-state index in [0.29, 0.717) is 0 Å². The second-order valence-electron chi connectivity index (χ2n) is 0.187. The summed E-state index contributed by atoms with van der Waals surface area (Å²) in [6.45, 7) is -0.250. The summed E-state index contributed by atoms with van der Waals surface area (Å²) in [7, 11) is 0. The first kappa shape index (κ1) is 17.0. The normalized spacial score (nSPS) is 3.43. The van der Waals surface area contributed by atoms with Crippen LogP contribution in [0, 0.1) is 4.91 Å². The topological polar surface area (TPSA) is 118 Å². The lowest BCUT2D eigenvalue weighted by atomic mass is 11.7. The SMILES string of the molecule is O.O=CO.O=NO. The van der Waals surface area contributed by atoms with E-state index in [0.717, 1.165) is 0 Å². The molecule has 0 saturated carbocycles. The lowest BCUT2D eigenvalue weighted by molar-refractivity contribution is -0.122. The summed E-state index contributed by atoms with van der Waals surface area (Å²) in [5.41, 5.74) is 0. The number of nitrogens with zero attached hydrogens (tertiary/aromatic N) is 1. The van der Waals surface area contributed by atoms with E-state index in [4.69, 9.17) is 20.0 Å². The third-order valence-electron chi connectivity index (χ3n) is 0. The van der Waals surface area contributed by atoms with E-state index in [2.05, 4.69) is 0 Å². The quantitative estimate of drug-likeness (QED) is 0.237.